The highest BCUT2D eigenvalue weighted by molar-refractivity contribution is 9.10. The van der Waals surface area contributed by atoms with Crippen LogP contribution in [0.2, 0.25) is 0 Å². The molecular weight excluding hydrogens is 247 g/mol. The van der Waals surface area contributed by atoms with Gasteiger partial charge in [-0.1, -0.05) is 19.1 Å². The van der Waals surface area contributed by atoms with Crippen LogP contribution in [0.3, 0.4) is 0 Å². The third-order valence-corrected chi connectivity index (χ3v) is 3.44. The Morgan fingerprint density at radius 2 is 2.14 bits per heavy atom. The van der Waals surface area contributed by atoms with Crippen molar-refractivity contribution in [2.24, 2.45) is 5.92 Å². The zero-order valence-corrected chi connectivity index (χ0v) is 9.51. The van der Waals surface area contributed by atoms with Crippen LogP contribution >= 0.6 is 15.9 Å². The second-order valence-corrected chi connectivity index (χ2v) is 5.00. The van der Waals surface area contributed by atoms with Crippen LogP contribution in [0.1, 0.15) is 25.3 Å². The summed E-state index contributed by atoms with van der Waals surface area (Å²) in [6.07, 6.45) is 1.31. The molecule has 0 spiro atoms. The highest BCUT2D eigenvalue weighted by Crippen LogP contribution is 2.46. The van der Waals surface area contributed by atoms with E-state index in [4.69, 9.17) is 0 Å². The lowest BCUT2D eigenvalue weighted by molar-refractivity contribution is -0.0763. The van der Waals surface area contributed by atoms with Crippen LogP contribution in [-0.2, 0) is 5.60 Å². The summed E-state index contributed by atoms with van der Waals surface area (Å²) in [5, 5.41) is 10.1. The molecule has 2 rings (SSSR count). The van der Waals surface area contributed by atoms with Crippen molar-refractivity contribution in [2.75, 3.05) is 0 Å². The maximum atomic E-state index is 13.6. The molecule has 1 aliphatic rings. The van der Waals surface area contributed by atoms with E-state index in [0.717, 1.165) is 0 Å². The largest absolute Gasteiger partial charge is 0.385 e. The number of aliphatic hydroxyl groups is 1. The van der Waals surface area contributed by atoms with Crippen LogP contribution in [-0.4, -0.2) is 5.11 Å². The first kappa shape index (κ1) is 10.1. The van der Waals surface area contributed by atoms with Gasteiger partial charge < -0.3 is 5.11 Å². The quantitative estimate of drug-likeness (QED) is 0.821. The second-order valence-electron chi connectivity index (χ2n) is 4.15. The van der Waals surface area contributed by atoms with Crippen LogP contribution in [0.25, 0.3) is 0 Å². The van der Waals surface area contributed by atoms with Crippen molar-refractivity contribution in [3.05, 3.63) is 34.1 Å². The van der Waals surface area contributed by atoms with E-state index in [1.165, 1.54) is 0 Å². The Kier molecular flexibility index (Phi) is 2.40. The van der Waals surface area contributed by atoms with Gasteiger partial charge in [-0.2, -0.15) is 0 Å². The second kappa shape index (κ2) is 3.31. The van der Waals surface area contributed by atoms with Crippen LogP contribution in [0.4, 0.5) is 4.39 Å². The summed E-state index contributed by atoms with van der Waals surface area (Å²) in [5.74, 6) is 0.153. The van der Waals surface area contributed by atoms with Gasteiger partial charge in [0, 0.05) is 5.56 Å². The third-order valence-electron chi connectivity index (χ3n) is 2.83. The van der Waals surface area contributed by atoms with Gasteiger partial charge in [-0.05, 0) is 40.8 Å². The molecule has 0 unspecified atom stereocenters. The fourth-order valence-electron chi connectivity index (χ4n) is 2.18. The molecule has 1 N–H and O–H groups in total. The average Bonchev–Trinajstić information content (AvgIpc) is 2.07. The maximum absolute atomic E-state index is 13.6. The van der Waals surface area contributed by atoms with E-state index < -0.39 is 5.60 Å². The molecule has 1 fully saturated rings. The van der Waals surface area contributed by atoms with E-state index in [2.05, 4.69) is 22.9 Å². The molecule has 0 bridgehead atoms. The Morgan fingerprint density at radius 1 is 1.50 bits per heavy atom. The minimum Gasteiger partial charge on any atom is -0.385 e. The predicted octanol–water partition coefficient (Wildman–Crippen LogP) is 3.21. The molecule has 0 atom stereocenters. The van der Waals surface area contributed by atoms with E-state index in [1.807, 2.05) is 0 Å². The summed E-state index contributed by atoms with van der Waals surface area (Å²) in [6.45, 7) is 2.06. The normalized spacial score (nSPS) is 31.3. The SMILES string of the molecule is CC1CC(O)(c2cccc(Br)c2F)C1. The zero-order valence-electron chi connectivity index (χ0n) is 7.93. The molecule has 1 aromatic carbocycles. The topological polar surface area (TPSA) is 20.2 Å². The molecule has 0 amide bonds. The molecule has 0 radical (unpaired) electrons. The number of rotatable bonds is 1. The highest BCUT2D eigenvalue weighted by Gasteiger charge is 2.43. The molecule has 0 aliphatic heterocycles. The van der Waals surface area contributed by atoms with E-state index in [-0.39, 0.29) is 5.82 Å². The Hall–Kier alpha value is -0.410. The van der Waals surface area contributed by atoms with Crippen LogP contribution < -0.4 is 0 Å². The lowest BCUT2D eigenvalue weighted by Gasteiger charge is -2.42. The molecule has 1 saturated carbocycles. The van der Waals surface area contributed by atoms with E-state index in [0.29, 0.717) is 28.8 Å². The molecule has 1 aromatic rings. The summed E-state index contributed by atoms with van der Waals surface area (Å²) >= 11 is 3.12. The predicted molar refractivity (Wildman–Crippen MR) is 56.4 cm³/mol. The number of halogens is 2. The molecule has 0 saturated heterocycles. The Bertz CT molecular complexity index is 358. The van der Waals surface area contributed by atoms with Gasteiger partial charge in [0.15, 0.2) is 0 Å². The minimum absolute atomic E-state index is 0.332. The fourth-order valence-corrected chi connectivity index (χ4v) is 2.54. The molecule has 0 heterocycles. The number of benzene rings is 1. The third kappa shape index (κ3) is 1.48. The molecule has 76 valence electrons. The summed E-state index contributed by atoms with van der Waals surface area (Å²) in [7, 11) is 0. The molecule has 0 aromatic heterocycles. The molecule has 14 heavy (non-hydrogen) atoms. The van der Waals surface area contributed by atoms with Crippen LogP contribution in [0.5, 0.6) is 0 Å². The lowest BCUT2D eigenvalue weighted by Crippen LogP contribution is -2.40. The molecule has 1 aliphatic carbocycles. The van der Waals surface area contributed by atoms with Gasteiger partial charge in [0.25, 0.3) is 0 Å². The summed E-state index contributed by atoms with van der Waals surface area (Å²) in [5.41, 5.74) is -0.516. The van der Waals surface area contributed by atoms with Gasteiger partial charge in [-0.25, -0.2) is 4.39 Å². The summed E-state index contributed by atoms with van der Waals surface area (Å²) < 4.78 is 14.1. The fraction of sp³-hybridized carbons (Fsp3) is 0.455. The minimum atomic E-state index is -0.937. The van der Waals surface area contributed by atoms with Crippen LogP contribution in [0.15, 0.2) is 22.7 Å². The van der Waals surface area contributed by atoms with E-state index >= 15 is 0 Å². The van der Waals surface area contributed by atoms with Gasteiger partial charge >= 0.3 is 0 Å². The highest BCUT2D eigenvalue weighted by atomic mass is 79.9. The standard InChI is InChI=1S/C11H12BrFO/c1-7-5-11(14,6-7)8-3-2-4-9(12)10(8)13/h2-4,7,14H,5-6H2,1H3. The Morgan fingerprint density at radius 3 is 2.71 bits per heavy atom. The van der Waals surface area contributed by atoms with Gasteiger partial charge in [0.05, 0.1) is 10.1 Å². The smallest absolute Gasteiger partial charge is 0.143 e. The van der Waals surface area contributed by atoms with Crippen molar-refractivity contribution in [1.82, 2.24) is 0 Å². The Balaban J connectivity index is 2.37. The van der Waals surface area contributed by atoms with Gasteiger partial charge in [-0.15, -0.1) is 0 Å². The zero-order chi connectivity index (χ0) is 10.3. The molecule has 1 nitrogen and oxygen atoms in total. The Labute approximate surface area is 91.1 Å². The van der Waals surface area contributed by atoms with Crippen molar-refractivity contribution < 1.29 is 9.50 Å². The van der Waals surface area contributed by atoms with E-state index in [9.17, 15) is 9.50 Å². The molecular formula is C11H12BrFO. The van der Waals surface area contributed by atoms with Crippen molar-refractivity contribution >= 4 is 15.9 Å². The van der Waals surface area contributed by atoms with Gasteiger partial charge in [0.2, 0.25) is 0 Å². The van der Waals surface area contributed by atoms with Crippen LogP contribution in [0, 0.1) is 11.7 Å². The van der Waals surface area contributed by atoms with Crippen molar-refractivity contribution in [3.8, 4) is 0 Å². The summed E-state index contributed by atoms with van der Waals surface area (Å²) in [4.78, 5) is 0. The lowest BCUT2D eigenvalue weighted by atomic mass is 9.68. The van der Waals surface area contributed by atoms with E-state index in [1.54, 1.807) is 18.2 Å². The number of hydrogen-bond acceptors (Lipinski definition) is 1. The van der Waals surface area contributed by atoms with Crippen molar-refractivity contribution in [3.63, 3.8) is 0 Å². The number of hydrogen-bond donors (Lipinski definition) is 1. The first-order valence-corrected chi connectivity index (χ1v) is 5.49. The van der Waals surface area contributed by atoms with Crippen molar-refractivity contribution in [2.45, 2.75) is 25.4 Å². The monoisotopic (exact) mass is 258 g/mol. The maximum Gasteiger partial charge on any atom is 0.143 e. The molecule has 3 heteroatoms. The average molecular weight is 259 g/mol. The van der Waals surface area contributed by atoms with Gasteiger partial charge in [0.1, 0.15) is 5.82 Å². The summed E-state index contributed by atoms with van der Waals surface area (Å²) in [6, 6.07) is 5.06. The van der Waals surface area contributed by atoms with Crippen molar-refractivity contribution in [1.29, 1.82) is 0 Å². The first-order chi connectivity index (χ1) is 6.53. The first-order valence-electron chi connectivity index (χ1n) is 4.70. The van der Waals surface area contributed by atoms with Gasteiger partial charge in [-0.3, -0.25) is 0 Å².